The molecule has 2 aromatic carbocycles. The van der Waals surface area contributed by atoms with Gasteiger partial charge in [-0.2, -0.15) is 18.3 Å². The molecule has 1 amide bonds. The van der Waals surface area contributed by atoms with Crippen molar-refractivity contribution in [3.63, 3.8) is 0 Å². The van der Waals surface area contributed by atoms with E-state index in [1.807, 2.05) is 0 Å². The zero-order valence-corrected chi connectivity index (χ0v) is 20.1. The molecule has 0 saturated heterocycles. The predicted octanol–water partition coefficient (Wildman–Crippen LogP) is 6.52. The van der Waals surface area contributed by atoms with Gasteiger partial charge < -0.3 is 5.32 Å². The Bertz CT molecular complexity index is 1740. The molecule has 0 aliphatic carbocycles. The van der Waals surface area contributed by atoms with Gasteiger partial charge in [-0.05, 0) is 42.5 Å². The maximum Gasteiger partial charge on any atom is 0.416 e. The molecule has 3 heterocycles. The highest BCUT2D eigenvalue weighted by molar-refractivity contribution is 7.17. The van der Waals surface area contributed by atoms with Crippen molar-refractivity contribution >= 4 is 50.7 Å². The van der Waals surface area contributed by atoms with Crippen LogP contribution < -0.4 is 5.32 Å². The number of anilines is 1. The molecule has 9 nitrogen and oxygen atoms in total. The van der Waals surface area contributed by atoms with Crippen molar-refractivity contribution in [1.82, 2.24) is 19.7 Å². The second-order valence-corrected chi connectivity index (χ2v) is 9.21. The molecule has 0 fully saturated rings. The maximum atomic E-state index is 14.8. The van der Waals surface area contributed by atoms with E-state index in [4.69, 9.17) is 11.6 Å². The van der Waals surface area contributed by atoms with Crippen LogP contribution in [0.25, 0.3) is 28.1 Å². The van der Waals surface area contributed by atoms with Crippen LogP contribution in [-0.4, -0.2) is 30.6 Å². The molecule has 0 spiro atoms. The Balaban J connectivity index is 1.66. The average Bonchev–Trinajstić information content (AvgIpc) is 3.51. The van der Waals surface area contributed by atoms with Crippen LogP contribution >= 0.6 is 22.9 Å². The number of alkyl halides is 3. The van der Waals surface area contributed by atoms with Crippen LogP contribution in [0.2, 0.25) is 5.02 Å². The summed E-state index contributed by atoms with van der Waals surface area (Å²) in [6.07, 6.45) is -3.44. The van der Waals surface area contributed by atoms with E-state index in [0.29, 0.717) is 34.2 Å². The molecule has 1 N–H and O–H groups in total. The molecule has 15 heteroatoms. The van der Waals surface area contributed by atoms with Crippen LogP contribution in [-0.2, 0) is 6.18 Å². The molecule has 0 unspecified atom stereocenters. The molecular weight excluding hydrogens is 552 g/mol. The van der Waals surface area contributed by atoms with Crippen LogP contribution in [0, 0.1) is 15.9 Å². The highest BCUT2D eigenvalue weighted by Crippen LogP contribution is 2.34. The van der Waals surface area contributed by atoms with Crippen LogP contribution in [0.4, 0.5) is 28.4 Å². The molecule has 0 radical (unpaired) electrons. The van der Waals surface area contributed by atoms with Gasteiger partial charge in [0.2, 0.25) is 0 Å². The lowest BCUT2D eigenvalue weighted by molar-refractivity contribution is -0.380. The molecule has 0 saturated carbocycles. The summed E-state index contributed by atoms with van der Waals surface area (Å²) >= 11 is 6.71. The van der Waals surface area contributed by atoms with Crippen molar-refractivity contribution < 1.29 is 27.3 Å². The third-order valence-electron chi connectivity index (χ3n) is 5.25. The van der Waals surface area contributed by atoms with Gasteiger partial charge in [-0.1, -0.05) is 29.0 Å². The first-order valence-electron chi connectivity index (χ1n) is 10.5. The number of amides is 1. The Hall–Kier alpha value is -4.43. The van der Waals surface area contributed by atoms with Gasteiger partial charge in [0.05, 0.1) is 38.2 Å². The molecule has 0 aliphatic heterocycles. The van der Waals surface area contributed by atoms with Crippen molar-refractivity contribution in [2.45, 2.75) is 6.18 Å². The van der Waals surface area contributed by atoms with Gasteiger partial charge in [0.1, 0.15) is 11.6 Å². The molecule has 3 aromatic heterocycles. The molecule has 5 rings (SSSR count). The zero-order valence-electron chi connectivity index (χ0n) is 18.5. The van der Waals surface area contributed by atoms with Gasteiger partial charge >= 0.3 is 11.2 Å². The second kappa shape index (κ2) is 9.46. The summed E-state index contributed by atoms with van der Waals surface area (Å²) in [6.45, 7) is 0. The summed E-state index contributed by atoms with van der Waals surface area (Å²) in [5.74, 6) is -2.46. The van der Waals surface area contributed by atoms with Gasteiger partial charge in [0, 0.05) is 11.1 Å². The smallest absolute Gasteiger partial charge is 0.305 e. The molecule has 192 valence electrons. The van der Waals surface area contributed by atoms with Crippen LogP contribution in [0.1, 0.15) is 15.2 Å². The number of carbonyl (C=O) groups is 1. The van der Waals surface area contributed by atoms with Crippen molar-refractivity contribution in [2.75, 3.05) is 5.32 Å². The number of nitro groups is 1. The SMILES string of the molecule is O=C(Nc1nc(-c2ccc(C(F)(F)F)cc2F)nc2c1cnn2-c1cccc(Cl)c1)c1ccc([N+](=O)[O-])s1. The fourth-order valence-corrected chi connectivity index (χ4v) is 4.41. The number of nitrogens with zero attached hydrogens (tertiary/aromatic N) is 5. The second-order valence-electron chi connectivity index (χ2n) is 7.71. The van der Waals surface area contributed by atoms with Crippen LogP contribution in [0.15, 0.2) is 60.8 Å². The first-order chi connectivity index (χ1) is 18.0. The van der Waals surface area contributed by atoms with E-state index in [9.17, 15) is 32.5 Å². The van der Waals surface area contributed by atoms with Crippen molar-refractivity contribution in [2.24, 2.45) is 0 Å². The third-order valence-corrected chi connectivity index (χ3v) is 6.52. The number of halogens is 5. The van der Waals surface area contributed by atoms with E-state index in [0.717, 1.165) is 12.1 Å². The molecule has 38 heavy (non-hydrogen) atoms. The van der Waals surface area contributed by atoms with E-state index in [1.54, 1.807) is 24.3 Å². The quantitative estimate of drug-likeness (QED) is 0.148. The third kappa shape index (κ3) is 4.78. The number of hydrogen-bond donors (Lipinski definition) is 1. The van der Waals surface area contributed by atoms with Crippen molar-refractivity contribution in [3.8, 4) is 17.1 Å². The lowest BCUT2D eigenvalue weighted by atomic mass is 10.1. The minimum atomic E-state index is -4.77. The van der Waals surface area contributed by atoms with Crippen molar-refractivity contribution in [3.05, 3.63) is 92.2 Å². The Labute approximate surface area is 218 Å². The number of rotatable bonds is 5. The first-order valence-corrected chi connectivity index (χ1v) is 11.6. The monoisotopic (exact) mass is 562 g/mol. The summed E-state index contributed by atoms with van der Waals surface area (Å²) in [5, 5.41) is 18.1. The van der Waals surface area contributed by atoms with Crippen LogP contribution in [0.3, 0.4) is 0 Å². The Morgan fingerprint density at radius 1 is 1.11 bits per heavy atom. The maximum absolute atomic E-state index is 14.8. The van der Waals surface area contributed by atoms with Gasteiger partial charge in [-0.15, -0.1) is 0 Å². The fraction of sp³-hybridized carbons (Fsp3) is 0.0435. The molecule has 0 bridgehead atoms. The molecule has 0 atom stereocenters. The molecule has 5 aromatic rings. The Morgan fingerprint density at radius 3 is 2.55 bits per heavy atom. The number of nitrogens with one attached hydrogen (secondary N) is 1. The highest BCUT2D eigenvalue weighted by atomic mass is 35.5. The zero-order chi connectivity index (χ0) is 27.2. The summed E-state index contributed by atoms with van der Waals surface area (Å²) in [7, 11) is 0. The molecular formula is C23H11ClF4N6O3S. The standard InChI is InChI=1S/C23H11ClF4N6O3S/c24-12-2-1-3-13(9-12)33-21-15(10-29-33)20(32-22(35)17-6-7-18(38-17)34(36)37)30-19(31-21)14-5-4-11(8-16(14)25)23(26,27)28/h1-10H,(H,30,31,32,35). The Kier molecular flexibility index (Phi) is 6.28. The van der Waals surface area contributed by atoms with E-state index in [1.165, 1.54) is 16.9 Å². The minimum Gasteiger partial charge on any atom is -0.305 e. The van der Waals surface area contributed by atoms with E-state index in [-0.39, 0.29) is 38.1 Å². The van der Waals surface area contributed by atoms with Gasteiger partial charge in [0.25, 0.3) is 5.91 Å². The number of aromatic nitrogens is 4. The predicted molar refractivity (Wildman–Crippen MR) is 131 cm³/mol. The number of thiophene rings is 1. The van der Waals surface area contributed by atoms with Crippen molar-refractivity contribution in [1.29, 1.82) is 0 Å². The fourth-order valence-electron chi connectivity index (χ4n) is 3.51. The number of benzene rings is 2. The van der Waals surface area contributed by atoms with Gasteiger partial charge in [0.15, 0.2) is 11.5 Å². The number of carbonyl (C=O) groups excluding carboxylic acids is 1. The lowest BCUT2D eigenvalue weighted by Gasteiger charge is -2.11. The summed E-state index contributed by atoms with van der Waals surface area (Å²) < 4.78 is 55.3. The van der Waals surface area contributed by atoms with E-state index < -0.39 is 28.4 Å². The summed E-state index contributed by atoms with van der Waals surface area (Å²) in [5.41, 5.74) is -1.02. The lowest BCUT2D eigenvalue weighted by Crippen LogP contribution is -2.13. The molecule has 0 aliphatic rings. The minimum absolute atomic E-state index is 0.00652. The summed E-state index contributed by atoms with van der Waals surface area (Å²) in [6, 6.07) is 10.8. The largest absolute Gasteiger partial charge is 0.416 e. The first kappa shape index (κ1) is 25.2. The topological polar surface area (TPSA) is 116 Å². The van der Waals surface area contributed by atoms with E-state index >= 15 is 0 Å². The number of fused-ring (bicyclic) bond motifs is 1. The normalized spacial score (nSPS) is 11.6. The average molecular weight is 563 g/mol. The van der Waals surface area contributed by atoms with E-state index in [2.05, 4.69) is 20.4 Å². The Morgan fingerprint density at radius 2 is 1.89 bits per heavy atom. The highest BCUT2D eigenvalue weighted by Gasteiger charge is 2.31. The summed E-state index contributed by atoms with van der Waals surface area (Å²) in [4.78, 5) is 31.7. The van der Waals surface area contributed by atoms with Crippen LogP contribution in [0.5, 0.6) is 0 Å². The van der Waals surface area contributed by atoms with Gasteiger partial charge in [-0.25, -0.2) is 19.0 Å². The number of hydrogen-bond acceptors (Lipinski definition) is 7. The van der Waals surface area contributed by atoms with Gasteiger partial charge in [-0.3, -0.25) is 14.9 Å².